The van der Waals surface area contributed by atoms with Crippen molar-refractivity contribution in [3.63, 3.8) is 0 Å². The van der Waals surface area contributed by atoms with E-state index in [1.807, 2.05) is 6.92 Å². The van der Waals surface area contributed by atoms with E-state index < -0.39 is 10.0 Å². The first-order chi connectivity index (χ1) is 10.0. The minimum absolute atomic E-state index is 0.214. The molecule has 0 N–H and O–H groups in total. The van der Waals surface area contributed by atoms with Crippen molar-refractivity contribution in [3.8, 4) is 5.75 Å². The molecule has 1 aromatic rings. The van der Waals surface area contributed by atoms with Gasteiger partial charge >= 0.3 is 0 Å². The van der Waals surface area contributed by atoms with Crippen LogP contribution in [0.4, 0.5) is 0 Å². The maximum Gasteiger partial charge on any atom is 0.243 e. The van der Waals surface area contributed by atoms with E-state index in [1.54, 1.807) is 29.6 Å². The molecule has 1 aliphatic heterocycles. The molecule has 21 heavy (non-hydrogen) atoms. The number of benzene rings is 1. The van der Waals surface area contributed by atoms with E-state index in [2.05, 4.69) is 0 Å². The van der Waals surface area contributed by atoms with Gasteiger partial charge in [0.2, 0.25) is 10.0 Å². The van der Waals surface area contributed by atoms with Crippen LogP contribution >= 0.6 is 0 Å². The smallest absolute Gasteiger partial charge is 0.243 e. The molecule has 1 aliphatic carbocycles. The predicted octanol–water partition coefficient (Wildman–Crippen LogP) is 2.96. The topological polar surface area (TPSA) is 46.6 Å². The third-order valence-corrected chi connectivity index (χ3v) is 6.84. The van der Waals surface area contributed by atoms with E-state index in [0.29, 0.717) is 17.4 Å². The van der Waals surface area contributed by atoms with Crippen molar-refractivity contribution in [1.29, 1.82) is 0 Å². The normalized spacial score (nSPS) is 24.0. The number of aryl methyl sites for hydroxylation is 1. The highest BCUT2D eigenvalue weighted by atomic mass is 32.2. The fourth-order valence-corrected chi connectivity index (χ4v) is 5.35. The Morgan fingerprint density at radius 2 is 1.95 bits per heavy atom. The quantitative estimate of drug-likeness (QED) is 0.859. The monoisotopic (exact) mass is 309 g/mol. The van der Waals surface area contributed by atoms with Crippen LogP contribution < -0.4 is 4.74 Å². The highest BCUT2D eigenvalue weighted by molar-refractivity contribution is 7.89. The van der Waals surface area contributed by atoms with Gasteiger partial charge in [-0.3, -0.25) is 0 Å². The molecular formula is C16H23NO3S. The lowest BCUT2D eigenvalue weighted by atomic mass is 9.79. The van der Waals surface area contributed by atoms with Crippen LogP contribution in [-0.2, 0) is 10.0 Å². The molecule has 1 atom stereocenters. The second-order valence-electron chi connectivity index (χ2n) is 6.15. The zero-order valence-corrected chi connectivity index (χ0v) is 13.5. The Kier molecular flexibility index (Phi) is 3.97. The minimum atomic E-state index is -3.38. The maximum absolute atomic E-state index is 12.9. The minimum Gasteiger partial charge on any atom is -0.496 e. The van der Waals surface area contributed by atoms with Crippen LogP contribution in [0.25, 0.3) is 0 Å². The highest BCUT2D eigenvalue weighted by Crippen LogP contribution is 2.39. The van der Waals surface area contributed by atoms with E-state index in [4.69, 9.17) is 4.74 Å². The summed E-state index contributed by atoms with van der Waals surface area (Å²) in [6.07, 6.45) is 5.60. The van der Waals surface area contributed by atoms with E-state index >= 15 is 0 Å². The molecule has 0 bridgehead atoms. The molecule has 116 valence electrons. The van der Waals surface area contributed by atoms with Crippen molar-refractivity contribution in [3.05, 3.63) is 23.8 Å². The first kappa shape index (κ1) is 14.9. The summed E-state index contributed by atoms with van der Waals surface area (Å²) in [5, 5.41) is 0. The van der Waals surface area contributed by atoms with Crippen molar-refractivity contribution >= 4 is 10.0 Å². The van der Waals surface area contributed by atoms with Crippen LogP contribution in [-0.4, -0.2) is 32.4 Å². The van der Waals surface area contributed by atoms with Gasteiger partial charge in [-0.05, 0) is 62.3 Å². The molecule has 1 unspecified atom stereocenters. The van der Waals surface area contributed by atoms with Gasteiger partial charge < -0.3 is 4.74 Å². The van der Waals surface area contributed by atoms with Gasteiger partial charge in [-0.1, -0.05) is 6.42 Å². The van der Waals surface area contributed by atoms with Crippen molar-refractivity contribution in [2.24, 2.45) is 5.92 Å². The molecule has 1 heterocycles. The Bertz CT molecular complexity index is 622. The third-order valence-electron chi connectivity index (χ3n) is 4.92. The number of ether oxygens (including phenoxy) is 1. The second-order valence-corrected chi connectivity index (χ2v) is 8.04. The molecule has 0 spiro atoms. The molecule has 0 amide bonds. The average molecular weight is 309 g/mol. The van der Waals surface area contributed by atoms with Gasteiger partial charge in [0.25, 0.3) is 0 Å². The summed E-state index contributed by atoms with van der Waals surface area (Å²) in [6, 6.07) is 5.35. The molecule has 2 fully saturated rings. The van der Waals surface area contributed by atoms with Crippen LogP contribution in [0, 0.1) is 12.8 Å². The Hall–Kier alpha value is -1.07. The molecule has 2 aliphatic rings. The highest BCUT2D eigenvalue weighted by Gasteiger charge is 2.41. The van der Waals surface area contributed by atoms with E-state index in [1.165, 1.54) is 19.3 Å². The van der Waals surface area contributed by atoms with Crippen molar-refractivity contribution < 1.29 is 13.2 Å². The van der Waals surface area contributed by atoms with Gasteiger partial charge in [-0.25, -0.2) is 8.42 Å². The van der Waals surface area contributed by atoms with Gasteiger partial charge in [0.1, 0.15) is 5.75 Å². The summed E-state index contributed by atoms with van der Waals surface area (Å²) in [7, 11) is -1.78. The lowest BCUT2D eigenvalue weighted by Crippen LogP contribution is -2.42. The number of rotatable bonds is 4. The molecule has 4 nitrogen and oxygen atoms in total. The van der Waals surface area contributed by atoms with Gasteiger partial charge in [0, 0.05) is 12.6 Å². The molecule has 1 aromatic carbocycles. The number of sulfonamides is 1. The molecule has 1 saturated heterocycles. The molecular weight excluding hydrogens is 286 g/mol. The van der Waals surface area contributed by atoms with Gasteiger partial charge in [-0.2, -0.15) is 4.31 Å². The maximum atomic E-state index is 12.9. The number of hydrogen-bond donors (Lipinski definition) is 0. The van der Waals surface area contributed by atoms with Crippen LogP contribution in [0.1, 0.15) is 37.7 Å². The molecule has 0 aromatic heterocycles. The fourth-order valence-electron chi connectivity index (χ4n) is 3.51. The standard InChI is InChI=1S/C16H23NO3S/c1-12-11-14(8-9-16(12)20-2)21(18,19)17-10-4-7-15(17)13-5-3-6-13/h8-9,11,13,15H,3-7,10H2,1-2H3. The average Bonchev–Trinajstić information content (AvgIpc) is 2.86. The molecule has 1 saturated carbocycles. The zero-order chi connectivity index (χ0) is 15.0. The van der Waals surface area contributed by atoms with Crippen molar-refractivity contribution in [1.82, 2.24) is 4.31 Å². The Balaban J connectivity index is 1.90. The van der Waals surface area contributed by atoms with Crippen molar-refractivity contribution in [2.45, 2.75) is 50.0 Å². The van der Waals surface area contributed by atoms with Crippen molar-refractivity contribution in [2.75, 3.05) is 13.7 Å². The predicted molar refractivity (Wildman–Crippen MR) is 82.0 cm³/mol. The second kappa shape index (κ2) is 5.61. The molecule has 5 heteroatoms. The third kappa shape index (κ3) is 2.57. The summed E-state index contributed by atoms with van der Waals surface area (Å²) in [5.41, 5.74) is 0.859. The Morgan fingerprint density at radius 3 is 2.52 bits per heavy atom. The largest absolute Gasteiger partial charge is 0.496 e. The molecule has 0 radical (unpaired) electrons. The van der Waals surface area contributed by atoms with Crippen LogP contribution in [0.15, 0.2) is 23.1 Å². The molecule has 3 rings (SSSR count). The Morgan fingerprint density at radius 1 is 1.19 bits per heavy atom. The van der Waals surface area contributed by atoms with E-state index in [0.717, 1.165) is 24.2 Å². The van der Waals surface area contributed by atoms with E-state index in [9.17, 15) is 8.42 Å². The number of methoxy groups -OCH3 is 1. The number of hydrogen-bond acceptors (Lipinski definition) is 3. The van der Waals surface area contributed by atoms with E-state index in [-0.39, 0.29) is 6.04 Å². The zero-order valence-electron chi connectivity index (χ0n) is 12.7. The lowest BCUT2D eigenvalue weighted by Gasteiger charge is -2.36. The first-order valence-electron chi connectivity index (χ1n) is 7.70. The summed E-state index contributed by atoms with van der Waals surface area (Å²) in [5.74, 6) is 1.30. The summed E-state index contributed by atoms with van der Waals surface area (Å²) in [4.78, 5) is 0.395. The lowest BCUT2D eigenvalue weighted by molar-refractivity contribution is 0.191. The SMILES string of the molecule is COc1ccc(S(=O)(=O)N2CCCC2C2CCC2)cc1C. The summed E-state index contributed by atoms with van der Waals surface area (Å²) < 4.78 is 32.8. The van der Waals surface area contributed by atoms with Gasteiger partial charge in [0.15, 0.2) is 0 Å². The number of nitrogens with zero attached hydrogens (tertiary/aromatic N) is 1. The van der Waals surface area contributed by atoms with Gasteiger partial charge in [-0.15, -0.1) is 0 Å². The summed E-state index contributed by atoms with van der Waals surface area (Å²) in [6.45, 7) is 2.54. The Labute approximate surface area is 127 Å². The van der Waals surface area contributed by atoms with Crippen LogP contribution in [0.3, 0.4) is 0 Å². The fraction of sp³-hybridized carbons (Fsp3) is 0.625. The summed E-state index contributed by atoms with van der Waals surface area (Å²) >= 11 is 0. The van der Waals surface area contributed by atoms with Gasteiger partial charge in [0.05, 0.1) is 12.0 Å². The first-order valence-corrected chi connectivity index (χ1v) is 9.14. The van der Waals surface area contributed by atoms with Crippen LogP contribution in [0.5, 0.6) is 5.75 Å². The van der Waals surface area contributed by atoms with Crippen LogP contribution in [0.2, 0.25) is 0 Å².